The molecular formula is C17H27NOS. The maximum atomic E-state index is 5.68. The van der Waals surface area contributed by atoms with Gasteiger partial charge in [-0.3, -0.25) is 0 Å². The van der Waals surface area contributed by atoms with Crippen LogP contribution >= 0.6 is 11.8 Å². The second-order valence-electron chi connectivity index (χ2n) is 5.59. The van der Waals surface area contributed by atoms with E-state index in [2.05, 4.69) is 42.8 Å². The summed E-state index contributed by atoms with van der Waals surface area (Å²) in [6, 6.07) is 9.23. The van der Waals surface area contributed by atoms with Crippen molar-refractivity contribution in [1.29, 1.82) is 0 Å². The number of unbranched alkanes of at least 4 members (excludes halogenated alkanes) is 1. The number of thioether (sulfide) groups is 1. The quantitative estimate of drug-likeness (QED) is 0.724. The van der Waals surface area contributed by atoms with E-state index in [0.29, 0.717) is 6.04 Å². The van der Waals surface area contributed by atoms with Gasteiger partial charge in [0.2, 0.25) is 0 Å². The summed E-state index contributed by atoms with van der Waals surface area (Å²) in [5.41, 5.74) is 1.35. The molecule has 1 aliphatic carbocycles. The van der Waals surface area contributed by atoms with E-state index in [9.17, 15) is 0 Å². The van der Waals surface area contributed by atoms with Gasteiger partial charge in [0.15, 0.2) is 0 Å². The van der Waals surface area contributed by atoms with Gasteiger partial charge in [-0.2, -0.15) is 11.8 Å². The SMILES string of the molecule is CCCCOc1ccc(CNC2CCC(SC)C2)cc1. The largest absolute Gasteiger partial charge is 0.494 e. The van der Waals surface area contributed by atoms with Crippen molar-refractivity contribution < 1.29 is 4.74 Å². The standard InChI is InChI=1S/C17H27NOS/c1-3-4-11-19-16-8-5-14(6-9-16)13-18-15-7-10-17(12-15)20-2/h5-6,8-9,15,17-18H,3-4,7,10-13H2,1-2H3. The Kier molecular flexibility index (Phi) is 6.74. The highest BCUT2D eigenvalue weighted by Gasteiger charge is 2.23. The van der Waals surface area contributed by atoms with E-state index in [-0.39, 0.29) is 0 Å². The van der Waals surface area contributed by atoms with Crippen molar-refractivity contribution in [2.75, 3.05) is 12.9 Å². The minimum absolute atomic E-state index is 0.702. The highest BCUT2D eigenvalue weighted by molar-refractivity contribution is 7.99. The molecule has 1 N–H and O–H groups in total. The maximum Gasteiger partial charge on any atom is 0.119 e. The topological polar surface area (TPSA) is 21.3 Å². The van der Waals surface area contributed by atoms with Gasteiger partial charge in [0.1, 0.15) is 5.75 Å². The Morgan fingerprint density at radius 2 is 2.05 bits per heavy atom. The van der Waals surface area contributed by atoms with Crippen LogP contribution < -0.4 is 10.1 Å². The molecule has 0 amide bonds. The lowest BCUT2D eigenvalue weighted by Crippen LogP contribution is -2.26. The maximum absolute atomic E-state index is 5.68. The molecule has 2 unspecified atom stereocenters. The summed E-state index contributed by atoms with van der Waals surface area (Å²) in [6.07, 6.45) is 8.54. The molecule has 3 heteroatoms. The summed E-state index contributed by atoms with van der Waals surface area (Å²) in [4.78, 5) is 0. The van der Waals surface area contributed by atoms with Gasteiger partial charge in [0, 0.05) is 17.8 Å². The third-order valence-corrected chi connectivity index (χ3v) is 5.10. The molecule has 0 bridgehead atoms. The van der Waals surface area contributed by atoms with Crippen molar-refractivity contribution in [2.45, 2.75) is 56.9 Å². The minimum atomic E-state index is 0.702. The molecule has 1 aromatic carbocycles. The van der Waals surface area contributed by atoms with Crippen molar-refractivity contribution >= 4 is 11.8 Å². The van der Waals surface area contributed by atoms with Crippen LogP contribution in [-0.2, 0) is 6.54 Å². The molecule has 1 aliphatic rings. The predicted octanol–water partition coefficient (Wildman–Crippen LogP) is 4.24. The molecular weight excluding hydrogens is 266 g/mol. The Morgan fingerprint density at radius 3 is 2.70 bits per heavy atom. The van der Waals surface area contributed by atoms with E-state index in [4.69, 9.17) is 4.74 Å². The van der Waals surface area contributed by atoms with E-state index in [1.807, 2.05) is 11.8 Å². The molecule has 2 nitrogen and oxygen atoms in total. The second kappa shape index (κ2) is 8.58. The van der Waals surface area contributed by atoms with Gasteiger partial charge in [-0.25, -0.2) is 0 Å². The third-order valence-electron chi connectivity index (χ3n) is 4.00. The van der Waals surface area contributed by atoms with Crippen molar-refractivity contribution in [2.24, 2.45) is 0 Å². The van der Waals surface area contributed by atoms with E-state index in [1.165, 1.54) is 31.2 Å². The highest BCUT2D eigenvalue weighted by atomic mass is 32.2. The molecule has 20 heavy (non-hydrogen) atoms. The first-order valence-electron chi connectivity index (χ1n) is 7.79. The smallest absolute Gasteiger partial charge is 0.119 e. The molecule has 1 saturated carbocycles. The first kappa shape index (κ1) is 15.7. The van der Waals surface area contributed by atoms with Crippen molar-refractivity contribution in [3.05, 3.63) is 29.8 Å². The van der Waals surface area contributed by atoms with Crippen LogP contribution in [0.15, 0.2) is 24.3 Å². The Labute approximate surface area is 127 Å². The van der Waals surface area contributed by atoms with Crippen LogP contribution in [0.5, 0.6) is 5.75 Å². The van der Waals surface area contributed by atoms with Crippen LogP contribution in [0.2, 0.25) is 0 Å². The van der Waals surface area contributed by atoms with Gasteiger partial charge in [-0.15, -0.1) is 0 Å². The third kappa shape index (κ3) is 5.02. The van der Waals surface area contributed by atoms with Crippen LogP contribution in [-0.4, -0.2) is 24.2 Å². The molecule has 0 spiro atoms. The number of ether oxygens (including phenoxy) is 1. The Morgan fingerprint density at radius 1 is 1.25 bits per heavy atom. The van der Waals surface area contributed by atoms with E-state index in [1.54, 1.807) is 0 Å². The molecule has 1 aromatic rings. The fraction of sp³-hybridized carbons (Fsp3) is 0.647. The lowest BCUT2D eigenvalue weighted by molar-refractivity contribution is 0.309. The zero-order valence-corrected chi connectivity index (χ0v) is 13.5. The van der Waals surface area contributed by atoms with E-state index in [0.717, 1.165) is 30.6 Å². The molecule has 1 fully saturated rings. The monoisotopic (exact) mass is 293 g/mol. The van der Waals surface area contributed by atoms with Crippen LogP contribution in [0.3, 0.4) is 0 Å². The first-order valence-corrected chi connectivity index (χ1v) is 9.08. The zero-order valence-electron chi connectivity index (χ0n) is 12.7. The number of nitrogens with one attached hydrogen (secondary N) is 1. The first-order chi connectivity index (χ1) is 9.81. The molecule has 0 saturated heterocycles. The van der Waals surface area contributed by atoms with Crippen molar-refractivity contribution in [1.82, 2.24) is 5.32 Å². The van der Waals surface area contributed by atoms with Crippen LogP contribution in [0.25, 0.3) is 0 Å². The Hall–Kier alpha value is -0.670. The van der Waals surface area contributed by atoms with Crippen molar-refractivity contribution in [3.8, 4) is 5.75 Å². The molecule has 112 valence electrons. The van der Waals surface area contributed by atoms with E-state index >= 15 is 0 Å². The summed E-state index contributed by atoms with van der Waals surface area (Å²) in [7, 11) is 0. The van der Waals surface area contributed by atoms with Crippen molar-refractivity contribution in [3.63, 3.8) is 0 Å². The van der Waals surface area contributed by atoms with Crippen LogP contribution in [0.4, 0.5) is 0 Å². The normalized spacial score (nSPS) is 22.1. The summed E-state index contributed by atoms with van der Waals surface area (Å²) in [5, 5.41) is 4.54. The number of hydrogen-bond acceptors (Lipinski definition) is 3. The molecule has 2 atom stereocenters. The van der Waals surface area contributed by atoms with Gasteiger partial charge in [-0.05, 0) is 49.6 Å². The lowest BCUT2D eigenvalue weighted by Gasteiger charge is -2.13. The molecule has 0 radical (unpaired) electrons. The minimum Gasteiger partial charge on any atom is -0.494 e. The summed E-state index contributed by atoms with van der Waals surface area (Å²) in [6.45, 7) is 3.98. The Balaban J connectivity index is 1.71. The fourth-order valence-corrected chi connectivity index (χ4v) is 3.44. The van der Waals surface area contributed by atoms with Gasteiger partial charge in [-0.1, -0.05) is 25.5 Å². The zero-order chi connectivity index (χ0) is 14.2. The van der Waals surface area contributed by atoms with Gasteiger partial charge >= 0.3 is 0 Å². The predicted molar refractivity (Wildman–Crippen MR) is 88.6 cm³/mol. The number of hydrogen-bond donors (Lipinski definition) is 1. The average Bonchev–Trinajstić information content (AvgIpc) is 2.95. The average molecular weight is 293 g/mol. The summed E-state index contributed by atoms with van der Waals surface area (Å²) < 4.78 is 5.68. The number of rotatable bonds is 8. The Bertz CT molecular complexity index is 379. The van der Waals surface area contributed by atoms with E-state index < -0.39 is 0 Å². The molecule has 0 aliphatic heterocycles. The fourth-order valence-electron chi connectivity index (χ4n) is 2.64. The van der Waals surface area contributed by atoms with Gasteiger partial charge in [0.25, 0.3) is 0 Å². The molecule has 0 heterocycles. The molecule has 0 aromatic heterocycles. The highest BCUT2D eigenvalue weighted by Crippen LogP contribution is 2.28. The van der Waals surface area contributed by atoms with Crippen LogP contribution in [0.1, 0.15) is 44.6 Å². The van der Waals surface area contributed by atoms with Gasteiger partial charge < -0.3 is 10.1 Å². The number of benzene rings is 1. The second-order valence-corrected chi connectivity index (χ2v) is 6.73. The van der Waals surface area contributed by atoms with Crippen LogP contribution in [0, 0.1) is 0 Å². The molecule has 2 rings (SSSR count). The summed E-state index contributed by atoms with van der Waals surface area (Å²) >= 11 is 2.01. The lowest BCUT2D eigenvalue weighted by atomic mass is 10.2. The van der Waals surface area contributed by atoms with Gasteiger partial charge in [0.05, 0.1) is 6.61 Å². The summed E-state index contributed by atoms with van der Waals surface area (Å²) in [5.74, 6) is 0.991.